The zero-order valence-corrected chi connectivity index (χ0v) is 10.1. The van der Waals surface area contributed by atoms with Crippen molar-refractivity contribution in [3.8, 4) is 0 Å². The molecule has 1 amide bonds. The summed E-state index contributed by atoms with van der Waals surface area (Å²) in [6.07, 6.45) is 0. The molecule has 0 aromatic carbocycles. The van der Waals surface area contributed by atoms with Crippen LogP contribution in [0.4, 0.5) is 5.88 Å². The number of anilines is 1. The van der Waals surface area contributed by atoms with Crippen molar-refractivity contribution < 1.29 is 19.2 Å². The van der Waals surface area contributed by atoms with Crippen LogP contribution in [-0.4, -0.2) is 22.1 Å². The lowest BCUT2D eigenvalue weighted by Crippen LogP contribution is -2.16. The minimum Gasteiger partial charge on any atom is -0.478 e. The molecule has 2 N–H and O–H groups in total. The molecule has 0 saturated carbocycles. The normalized spacial score (nSPS) is 12.0. The molecule has 17 heavy (non-hydrogen) atoms. The number of aromatic nitrogens is 1. The van der Waals surface area contributed by atoms with Gasteiger partial charge < -0.3 is 9.63 Å². The van der Waals surface area contributed by atoms with Gasteiger partial charge in [0.15, 0.2) is 0 Å². The SMILES string of the molecule is CC(C(=O)O)=C(C)C(=O)Nc1onc(C)c1C. The van der Waals surface area contributed by atoms with E-state index in [0.29, 0.717) is 5.69 Å². The summed E-state index contributed by atoms with van der Waals surface area (Å²) in [4.78, 5) is 22.4. The first-order chi connectivity index (χ1) is 7.84. The van der Waals surface area contributed by atoms with Crippen molar-refractivity contribution in [2.45, 2.75) is 27.7 Å². The fourth-order valence-electron chi connectivity index (χ4n) is 1.06. The second-order valence-electron chi connectivity index (χ2n) is 3.73. The second kappa shape index (κ2) is 4.82. The number of carbonyl (C=O) groups is 2. The van der Waals surface area contributed by atoms with E-state index in [2.05, 4.69) is 10.5 Å². The van der Waals surface area contributed by atoms with E-state index >= 15 is 0 Å². The van der Waals surface area contributed by atoms with Crippen LogP contribution < -0.4 is 5.32 Å². The van der Waals surface area contributed by atoms with Gasteiger partial charge in [0, 0.05) is 16.7 Å². The van der Waals surface area contributed by atoms with Crippen LogP contribution in [0, 0.1) is 13.8 Å². The van der Waals surface area contributed by atoms with Gasteiger partial charge in [-0.15, -0.1) is 0 Å². The number of hydrogen-bond donors (Lipinski definition) is 2. The fourth-order valence-corrected chi connectivity index (χ4v) is 1.06. The smallest absolute Gasteiger partial charge is 0.331 e. The summed E-state index contributed by atoms with van der Waals surface area (Å²) in [7, 11) is 0. The summed E-state index contributed by atoms with van der Waals surface area (Å²) in [5.74, 6) is -1.39. The van der Waals surface area contributed by atoms with Gasteiger partial charge in [-0.3, -0.25) is 10.1 Å². The molecule has 0 radical (unpaired) electrons. The van der Waals surface area contributed by atoms with Crippen LogP contribution in [-0.2, 0) is 9.59 Å². The van der Waals surface area contributed by atoms with Crippen LogP contribution >= 0.6 is 0 Å². The molecule has 0 aliphatic carbocycles. The predicted octanol–water partition coefficient (Wildman–Crippen LogP) is 1.65. The molecule has 1 aromatic heterocycles. The highest BCUT2D eigenvalue weighted by Gasteiger charge is 2.16. The Kier molecular flexibility index (Phi) is 3.67. The van der Waals surface area contributed by atoms with E-state index < -0.39 is 11.9 Å². The lowest BCUT2D eigenvalue weighted by Gasteiger charge is -2.04. The van der Waals surface area contributed by atoms with Crippen LogP contribution in [0.15, 0.2) is 15.7 Å². The summed E-state index contributed by atoms with van der Waals surface area (Å²) >= 11 is 0. The largest absolute Gasteiger partial charge is 0.478 e. The van der Waals surface area contributed by atoms with Gasteiger partial charge in [0.2, 0.25) is 5.88 Å². The van der Waals surface area contributed by atoms with E-state index in [0.717, 1.165) is 5.56 Å². The molecular formula is C11H14N2O4. The molecule has 1 heterocycles. The summed E-state index contributed by atoms with van der Waals surface area (Å²) in [6, 6.07) is 0. The average Bonchev–Trinajstić information content (AvgIpc) is 2.58. The summed E-state index contributed by atoms with van der Waals surface area (Å²) in [5.41, 5.74) is 1.53. The Morgan fingerprint density at radius 2 is 1.82 bits per heavy atom. The number of carbonyl (C=O) groups excluding carboxylic acids is 1. The van der Waals surface area contributed by atoms with Crippen molar-refractivity contribution in [2.75, 3.05) is 5.32 Å². The highest BCUT2D eigenvalue weighted by molar-refractivity contribution is 6.07. The van der Waals surface area contributed by atoms with E-state index in [4.69, 9.17) is 9.63 Å². The van der Waals surface area contributed by atoms with E-state index in [1.54, 1.807) is 13.8 Å². The van der Waals surface area contributed by atoms with Crippen molar-refractivity contribution >= 4 is 17.8 Å². The zero-order valence-electron chi connectivity index (χ0n) is 10.1. The third-order valence-corrected chi connectivity index (χ3v) is 2.61. The Hall–Kier alpha value is -2.11. The van der Waals surface area contributed by atoms with E-state index in [-0.39, 0.29) is 17.0 Å². The maximum absolute atomic E-state index is 11.7. The molecule has 0 aliphatic rings. The topological polar surface area (TPSA) is 92.4 Å². The van der Waals surface area contributed by atoms with Gasteiger partial charge in [-0.25, -0.2) is 4.79 Å². The van der Waals surface area contributed by atoms with Crippen molar-refractivity contribution in [3.05, 3.63) is 22.4 Å². The van der Waals surface area contributed by atoms with Crippen molar-refractivity contribution in [1.82, 2.24) is 5.16 Å². The van der Waals surface area contributed by atoms with Crippen molar-refractivity contribution in [2.24, 2.45) is 0 Å². The molecule has 92 valence electrons. The first-order valence-corrected chi connectivity index (χ1v) is 4.99. The van der Waals surface area contributed by atoms with E-state index in [9.17, 15) is 9.59 Å². The maximum Gasteiger partial charge on any atom is 0.331 e. The molecule has 6 heteroatoms. The summed E-state index contributed by atoms with van der Waals surface area (Å²) in [5, 5.41) is 14.9. The lowest BCUT2D eigenvalue weighted by molar-refractivity contribution is -0.133. The van der Waals surface area contributed by atoms with Gasteiger partial charge >= 0.3 is 5.97 Å². The average molecular weight is 238 g/mol. The standard InChI is InChI=1S/C11H14N2O4/c1-5(6(2)11(15)16)9(14)12-10-7(3)8(4)13-17-10/h1-4H3,(H,12,14)(H,15,16). The zero-order chi connectivity index (χ0) is 13.2. The summed E-state index contributed by atoms with van der Waals surface area (Å²) in [6.45, 7) is 6.32. The number of nitrogens with one attached hydrogen (secondary N) is 1. The van der Waals surface area contributed by atoms with Crippen molar-refractivity contribution in [3.63, 3.8) is 0 Å². The molecule has 1 aromatic rings. The number of carboxylic acid groups (broad SMARTS) is 1. The quantitative estimate of drug-likeness (QED) is 0.781. The molecule has 0 bridgehead atoms. The fraction of sp³-hybridized carbons (Fsp3) is 0.364. The van der Waals surface area contributed by atoms with Crippen LogP contribution in [0.5, 0.6) is 0 Å². The molecule has 0 aliphatic heterocycles. The number of aliphatic carboxylic acids is 1. The number of hydrogen-bond acceptors (Lipinski definition) is 4. The molecule has 0 fully saturated rings. The monoisotopic (exact) mass is 238 g/mol. The van der Waals surface area contributed by atoms with Crippen LogP contribution in [0.2, 0.25) is 0 Å². The van der Waals surface area contributed by atoms with Crippen LogP contribution in [0.25, 0.3) is 0 Å². The number of rotatable bonds is 3. The van der Waals surface area contributed by atoms with Gasteiger partial charge in [-0.2, -0.15) is 0 Å². The molecule has 0 spiro atoms. The van der Waals surface area contributed by atoms with Crippen LogP contribution in [0.1, 0.15) is 25.1 Å². The first kappa shape index (κ1) is 13.0. The molecule has 6 nitrogen and oxygen atoms in total. The first-order valence-electron chi connectivity index (χ1n) is 4.99. The number of nitrogens with zero attached hydrogens (tertiary/aromatic N) is 1. The third-order valence-electron chi connectivity index (χ3n) is 2.61. The Morgan fingerprint density at radius 3 is 2.24 bits per heavy atom. The predicted molar refractivity (Wildman–Crippen MR) is 60.6 cm³/mol. The minimum atomic E-state index is -1.12. The molecule has 1 rings (SSSR count). The Morgan fingerprint density at radius 1 is 1.24 bits per heavy atom. The number of carboxylic acids is 1. The van der Waals surface area contributed by atoms with Gasteiger partial charge in [-0.05, 0) is 27.7 Å². The lowest BCUT2D eigenvalue weighted by atomic mass is 10.1. The van der Waals surface area contributed by atoms with Crippen LogP contribution in [0.3, 0.4) is 0 Å². The Bertz CT molecular complexity index is 500. The molecule has 0 saturated heterocycles. The van der Waals surface area contributed by atoms with Crippen molar-refractivity contribution in [1.29, 1.82) is 0 Å². The Balaban J connectivity index is 2.91. The van der Waals surface area contributed by atoms with Gasteiger partial charge in [0.25, 0.3) is 5.91 Å². The highest BCUT2D eigenvalue weighted by Crippen LogP contribution is 2.18. The van der Waals surface area contributed by atoms with Gasteiger partial charge in [0.05, 0.1) is 5.69 Å². The minimum absolute atomic E-state index is 0.00334. The molecule has 0 atom stereocenters. The molecule has 0 unspecified atom stereocenters. The molecular weight excluding hydrogens is 224 g/mol. The highest BCUT2D eigenvalue weighted by atomic mass is 16.5. The third kappa shape index (κ3) is 2.72. The maximum atomic E-state index is 11.7. The summed E-state index contributed by atoms with van der Waals surface area (Å²) < 4.78 is 4.90. The van der Waals surface area contributed by atoms with E-state index in [1.165, 1.54) is 13.8 Å². The second-order valence-corrected chi connectivity index (χ2v) is 3.73. The number of amides is 1. The van der Waals surface area contributed by atoms with E-state index in [1.807, 2.05) is 0 Å². The van der Waals surface area contributed by atoms with Gasteiger partial charge in [0.1, 0.15) is 0 Å². The van der Waals surface area contributed by atoms with Gasteiger partial charge in [-0.1, -0.05) is 5.16 Å². The Labute approximate surface area is 98.3 Å². The number of aryl methyl sites for hydroxylation is 1.